The van der Waals surface area contributed by atoms with E-state index in [1.807, 2.05) is 0 Å². The van der Waals surface area contributed by atoms with Gasteiger partial charge in [0.2, 0.25) is 0 Å². The summed E-state index contributed by atoms with van der Waals surface area (Å²) in [6.45, 7) is 3.88. The number of aliphatic hydroxyl groups excluding tert-OH is 1. The molecule has 86 valence electrons. The molecule has 1 N–H and O–H groups in total. The molecule has 4 unspecified atom stereocenters. The van der Waals surface area contributed by atoms with Crippen molar-refractivity contribution >= 4 is 0 Å². The minimum Gasteiger partial charge on any atom is -0.391 e. The van der Waals surface area contributed by atoms with Crippen molar-refractivity contribution in [2.45, 2.75) is 37.8 Å². The summed E-state index contributed by atoms with van der Waals surface area (Å²) in [5.41, 5.74) is 0. The molecule has 0 aromatic heterocycles. The average molecular weight is 211 g/mol. The Morgan fingerprint density at radius 2 is 1.80 bits per heavy atom. The summed E-state index contributed by atoms with van der Waals surface area (Å²) < 4.78 is 5.49. The van der Waals surface area contributed by atoms with Crippen LogP contribution < -0.4 is 0 Å². The molecular weight excluding hydrogens is 190 g/mol. The lowest BCUT2D eigenvalue weighted by molar-refractivity contribution is -0.0568. The van der Waals surface area contributed by atoms with E-state index in [9.17, 15) is 5.11 Å². The standard InChI is InChI=1S/C12H21NO2/c14-12-4-5-15-8-11(12)13-6-9-2-1-3-10(9)7-13/h9-12,14H,1-8H2. The molecule has 3 heteroatoms. The first-order valence-electron chi connectivity index (χ1n) is 6.34. The monoisotopic (exact) mass is 211 g/mol. The smallest absolute Gasteiger partial charge is 0.0739 e. The van der Waals surface area contributed by atoms with Gasteiger partial charge >= 0.3 is 0 Å². The number of aliphatic hydroxyl groups is 1. The molecule has 2 heterocycles. The molecule has 1 saturated carbocycles. The summed E-state index contributed by atoms with van der Waals surface area (Å²) in [4.78, 5) is 2.48. The predicted octanol–water partition coefficient (Wildman–Crippen LogP) is 0.868. The van der Waals surface area contributed by atoms with Gasteiger partial charge in [-0.2, -0.15) is 0 Å². The van der Waals surface area contributed by atoms with Crippen LogP contribution in [0, 0.1) is 11.8 Å². The highest BCUT2D eigenvalue weighted by molar-refractivity contribution is 4.93. The van der Waals surface area contributed by atoms with Gasteiger partial charge in [0.1, 0.15) is 0 Å². The second-order valence-electron chi connectivity index (χ2n) is 5.40. The van der Waals surface area contributed by atoms with Gasteiger partial charge < -0.3 is 9.84 Å². The molecule has 0 aromatic rings. The van der Waals surface area contributed by atoms with E-state index in [0.717, 1.165) is 31.5 Å². The Bertz CT molecular complexity index is 222. The van der Waals surface area contributed by atoms with Crippen LogP contribution in [0.3, 0.4) is 0 Å². The van der Waals surface area contributed by atoms with Crippen LogP contribution in [-0.4, -0.2) is 48.5 Å². The molecule has 3 rings (SSSR count). The van der Waals surface area contributed by atoms with Crippen LogP contribution in [0.5, 0.6) is 0 Å². The zero-order chi connectivity index (χ0) is 10.3. The van der Waals surface area contributed by atoms with Gasteiger partial charge in [0.15, 0.2) is 0 Å². The summed E-state index contributed by atoms with van der Waals surface area (Å²) >= 11 is 0. The van der Waals surface area contributed by atoms with E-state index in [1.54, 1.807) is 0 Å². The first-order valence-corrected chi connectivity index (χ1v) is 6.34. The van der Waals surface area contributed by atoms with E-state index in [1.165, 1.54) is 32.4 Å². The minimum atomic E-state index is -0.155. The van der Waals surface area contributed by atoms with E-state index >= 15 is 0 Å². The molecule has 0 radical (unpaired) electrons. The average Bonchev–Trinajstić information content (AvgIpc) is 2.77. The maximum absolute atomic E-state index is 9.97. The van der Waals surface area contributed by atoms with E-state index in [4.69, 9.17) is 4.74 Å². The fraction of sp³-hybridized carbons (Fsp3) is 1.00. The number of nitrogens with zero attached hydrogens (tertiary/aromatic N) is 1. The largest absolute Gasteiger partial charge is 0.391 e. The van der Waals surface area contributed by atoms with Gasteiger partial charge in [0.05, 0.1) is 18.8 Å². The van der Waals surface area contributed by atoms with Gasteiger partial charge in [-0.15, -0.1) is 0 Å². The van der Waals surface area contributed by atoms with Crippen molar-refractivity contribution in [3.8, 4) is 0 Å². The molecule has 3 nitrogen and oxygen atoms in total. The first-order chi connectivity index (χ1) is 7.34. The molecule has 2 aliphatic heterocycles. The highest BCUT2D eigenvalue weighted by Gasteiger charge is 2.41. The van der Waals surface area contributed by atoms with Crippen molar-refractivity contribution in [3.63, 3.8) is 0 Å². The molecule has 4 atom stereocenters. The molecule has 0 amide bonds. The summed E-state index contributed by atoms with van der Waals surface area (Å²) in [7, 11) is 0. The van der Waals surface area contributed by atoms with Crippen LogP contribution >= 0.6 is 0 Å². The summed E-state index contributed by atoms with van der Waals surface area (Å²) in [6.07, 6.45) is 4.90. The number of fused-ring (bicyclic) bond motifs is 1. The number of likely N-dealkylation sites (tertiary alicyclic amines) is 1. The SMILES string of the molecule is OC1CCOCC1N1CC2CCCC2C1. The lowest BCUT2D eigenvalue weighted by atomic mass is 10.0. The van der Waals surface area contributed by atoms with Gasteiger partial charge in [0.25, 0.3) is 0 Å². The normalized spacial score (nSPS) is 47.0. The van der Waals surface area contributed by atoms with Gasteiger partial charge in [-0.05, 0) is 31.1 Å². The second kappa shape index (κ2) is 4.04. The van der Waals surface area contributed by atoms with Crippen LogP contribution in [-0.2, 0) is 4.74 Å². The molecule has 15 heavy (non-hydrogen) atoms. The van der Waals surface area contributed by atoms with E-state index in [0.29, 0.717) is 0 Å². The van der Waals surface area contributed by atoms with E-state index < -0.39 is 0 Å². The Morgan fingerprint density at radius 3 is 2.47 bits per heavy atom. The molecule has 0 aromatic carbocycles. The lowest BCUT2D eigenvalue weighted by Crippen LogP contribution is -2.49. The quantitative estimate of drug-likeness (QED) is 0.698. The number of ether oxygens (including phenoxy) is 1. The van der Waals surface area contributed by atoms with Gasteiger partial charge in [-0.1, -0.05) is 6.42 Å². The van der Waals surface area contributed by atoms with Crippen molar-refractivity contribution in [1.82, 2.24) is 4.90 Å². The van der Waals surface area contributed by atoms with Crippen molar-refractivity contribution in [3.05, 3.63) is 0 Å². The minimum absolute atomic E-state index is 0.155. The maximum atomic E-state index is 9.97. The van der Waals surface area contributed by atoms with E-state index in [-0.39, 0.29) is 12.1 Å². The van der Waals surface area contributed by atoms with Crippen LogP contribution in [0.1, 0.15) is 25.7 Å². The molecule has 1 aliphatic carbocycles. The third kappa shape index (κ3) is 1.81. The summed E-state index contributed by atoms with van der Waals surface area (Å²) in [5, 5.41) is 9.97. The zero-order valence-corrected chi connectivity index (χ0v) is 9.27. The Kier molecular flexibility index (Phi) is 2.71. The van der Waals surface area contributed by atoms with Gasteiger partial charge in [-0.25, -0.2) is 0 Å². The molecular formula is C12H21NO2. The number of hydrogen-bond donors (Lipinski definition) is 1. The Morgan fingerprint density at radius 1 is 1.07 bits per heavy atom. The van der Waals surface area contributed by atoms with E-state index in [2.05, 4.69) is 4.90 Å². The second-order valence-corrected chi connectivity index (χ2v) is 5.40. The number of rotatable bonds is 1. The van der Waals surface area contributed by atoms with Gasteiger partial charge in [-0.3, -0.25) is 4.90 Å². The first kappa shape index (κ1) is 10.1. The van der Waals surface area contributed by atoms with Crippen molar-refractivity contribution in [2.75, 3.05) is 26.3 Å². The van der Waals surface area contributed by atoms with Gasteiger partial charge in [0, 0.05) is 19.7 Å². The Balaban J connectivity index is 1.63. The van der Waals surface area contributed by atoms with Crippen molar-refractivity contribution in [1.29, 1.82) is 0 Å². The molecule has 0 bridgehead atoms. The highest BCUT2D eigenvalue weighted by atomic mass is 16.5. The molecule has 2 saturated heterocycles. The molecule has 3 fully saturated rings. The van der Waals surface area contributed by atoms with Crippen molar-refractivity contribution in [2.24, 2.45) is 11.8 Å². The predicted molar refractivity (Wildman–Crippen MR) is 57.6 cm³/mol. The fourth-order valence-electron chi connectivity index (χ4n) is 3.60. The Hall–Kier alpha value is -0.120. The molecule has 3 aliphatic rings. The summed E-state index contributed by atoms with van der Waals surface area (Å²) in [5.74, 6) is 1.83. The lowest BCUT2D eigenvalue weighted by Gasteiger charge is -2.35. The highest BCUT2D eigenvalue weighted by Crippen LogP contribution is 2.39. The van der Waals surface area contributed by atoms with Crippen molar-refractivity contribution < 1.29 is 9.84 Å². The topological polar surface area (TPSA) is 32.7 Å². The van der Waals surface area contributed by atoms with Crippen LogP contribution in [0.15, 0.2) is 0 Å². The van der Waals surface area contributed by atoms with Crippen LogP contribution in [0.4, 0.5) is 0 Å². The zero-order valence-electron chi connectivity index (χ0n) is 9.27. The maximum Gasteiger partial charge on any atom is 0.0739 e. The Labute approximate surface area is 91.4 Å². The summed E-state index contributed by atoms with van der Waals surface area (Å²) in [6, 6.07) is 0.282. The fourth-order valence-corrected chi connectivity index (χ4v) is 3.60. The van der Waals surface area contributed by atoms with Crippen LogP contribution in [0.2, 0.25) is 0 Å². The molecule has 0 spiro atoms. The van der Waals surface area contributed by atoms with Crippen LogP contribution in [0.25, 0.3) is 0 Å². The third-order valence-electron chi connectivity index (χ3n) is 4.51. The number of hydrogen-bond acceptors (Lipinski definition) is 3. The third-order valence-corrected chi connectivity index (χ3v) is 4.51.